The highest BCUT2D eigenvalue weighted by Gasteiger charge is 2.30. The molecule has 112 valence electrons. The summed E-state index contributed by atoms with van der Waals surface area (Å²) in [7, 11) is -4.27. The molecular formula is C15H16ClNO3S. The summed E-state index contributed by atoms with van der Waals surface area (Å²) in [5.74, 6) is 0. The number of hydrogen-bond donors (Lipinski definition) is 0. The topological polar surface area (TPSA) is 61.1 Å². The maximum atomic E-state index is 10.4. The summed E-state index contributed by atoms with van der Waals surface area (Å²) in [6.07, 6.45) is 6.73. The van der Waals surface area contributed by atoms with Crippen LogP contribution in [0.4, 0.5) is 0 Å². The molecule has 0 N–H and O–H groups in total. The monoisotopic (exact) mass is 325 g/mol. The molecular weight excluding hydrogens is 310 g/mol. The van der Waals surface area contributed by atoms with E-state index < -0.39 is 10.1 Å². The van der Waals surface area contributed by atoms with Crippen molar-refractivity contribution in [2.45, 2.75) is 30.7 Å². The van der Waals surface area contributed by atoms with Crippen molar-refractivity contribution in [3.8, 4) is 0 Å². The molecule has 21 heavy (non-hydrogen) atoms. The molecule has 1 aromatic carbocycles. The molecule has 1 fully saturated rings. The zero-order valence-corrected chi connectivity index (χ0v) is 13.1. The smallest absolute Gasteiger partial charge is 0.170 e. The van der Waals surface area contributed by atoms with Crippen LogP contribution in [0.5, 0.6) is 0 Å². The van der Waals surface area contributed by atoms with Crippen molar-refractivity contribution in [2.24, 2.45) is 0 Å². The second kappa shape index (κ2) is 6.56. The predicted molar refractivity (Wildman–Crippen MR) is 79.1 cm³/mol. The molecule has 0 atom stereocenters. The molecule has 1 aromatic heterocycles. The van der Waals surface area contributed by atoms with Crippen LogP contribution in [-0.4, -0.2) is 13.0 Å². The van der Waals surface area contributed by atoms with Gasteiger partial charge in [-0.25, -0.2) is 13.0 Å². The van der Waals surface area contributed by atoms with E-state index in [1.54, 1.807) is 12.1 Å². The predicted octanol–water partition coefficient (Wildman–Crippen LogP) is 2.86. The maximum absolute atomic E-state index is 10.4. The second-order valence-electron chi connectivity index (χ2n) is 4.96. The second-order valence-corrected chi connectivity index (χ2v) is 6.78. The summed E-state index contributed by atoms with van der Waals surface area (Å²) in [4.78, 5) is -0.178. The third-order valence-electron chi connectivity index (χ3n) is 3.09. The highest BCUT2D eigenvalue weighted by atomic mass is 35.5. The Morgan fingerprint density at radius 3 is 2.05 bits per heavy atom. The normalized spacial score (nSPS) is 14.2. The van der Waals surface area contributed by atoms with E-state index >= 15 is 0 Å². The van der Waals surface area contributed by atoms with Gasteiger partial charge in [0.15, 0.2) is 18.4 Å². The van der Waals surface area contributed by atoms with Gasteiger partial charge in [-0.15, -0.1) is 0 Å². The Morgan fingerprint density at radius 2 is 1.62 bits per heavy atom. The Kier molecular flexibility index (Phi) is 4.98. The zero-order chi connectivity index (χ0) is 15.5. The van der Waals surface area contributed by atoms with Crippen molar-refractivity contribution in [3.05, 3.63) is 59.4 Å². The van der Waals surface area contributed by atoms with Gasteiger partial charge in [0.2, 0.25) is 0 Å². The molecule has 1 aliphatic carbocycles. The lowest BCUT2D eigenvalue weighted by Gasteiger charge is -2.05. The van der Waals surface area contributed by atoms with E-state index in [0.717, 1.165) is 16.6 Å². The van der Waals surface area contributed by atoms with Crippen LogP contribution in [0, 0.1) is 6.92 Å². The number of hydrogen-bond acceptors (Lipinski definition) is 3. The number of nitrogens with zero attached hydrogens (tertiary/aromatic N) is 1. The van der Waals surface area contributed by atoms with Crippen molar-refractivity contribution in [1.29, 1.82) is 0 Å². The summed E-state index contributed by atoms with van der Waals surface area (Å²) < 4.78 is 33.4. The van der Waals surface area contributed by atoms with Crippen molar-refractivity contribution in [1.82, 2.24) is 0 Å². The fraction of sp³-hybridized carbons (Fsp3) is 0.267. The first-order valence-corrected chi connectivity index (χ1v) is 8.34. The van der Waals surface area contributed by atoms with E-state index in [1.807, 2.05) is 31.5 Å². The molecule has 4 nitrogen and oxygen atoms in total. The number of halogens is 1. The Hall–Kier alpha value is -1.43. The summed E-state index contributed by atoms with van der Waals surface area (Å²) in [6, 6.07) is 10.4. The summed E-state index contributed by atoms with van der Waals surface area (Å²) in [5.41, 5.74) is 0.928. The standard InChI is InChI=1S/C8H9ClN.C7H8O3S/c9-7-3-5-10(6-4-7)8-1-2-8;1-6-2-4-7(5-3-6)11(8,9)10/h3-6,8H,1-2H2;2-5H,1H3,(H,8,9,10)/q+1;/p-1. The average molecular weight is 326 g/mol. The van der Waals surface area contributed by atoms with Gasteiger partial charge in [-0.2, -0.15) is 0 Å². The molecule has 2 aromatic rings. The Balaban J connectivity index is 0.000000154. The van der Waals surface area contributed by atoms with Crippen molar-refractivity contribution in [3.63, 3.8) is 0 Å². The minimum Gasteiger partial charge on any atom is -0.744 e. The van der Waals surface area contributed by atoms with Crippen LogP contribution < -0.4 is 4.57 Å². The fourth-order valence-electron chi connectivity index (χ4n) is 1.74. The summed E-state index contributed by atoms with van der Waals surface area (Å²) >= 11 is 5.72. The largest absolute Gasteiger partial charge is 0.744 e. The molecule has 3 rings (SSSR count). The maximum Gasteiger partial charge on any atom is 0.170 e. The average Bonchev–Trinajstić information content (AvgIpc) is 3.24. The minimum absolute atomic E-state index is 0.178. The van der Waals surface area contributed by atoms with Gasteiger partial charge >= 0.3 is 0 Å². The lowest BCUT2D eigenvalue weighted by Crippen LogP contribution is -2.30. The van der Waals surface area contributed by atoms with E-state index in [-0.39, 0.29) is 4.90 Å². The molecule has 6 heteroatoms. The van der Waals surface area contributed by atoms with Crippen molar-refractivity contribution in [2.75, 3.05) is 0 Å². The molecule has 0 aliphatic heterocycles. The summed E-state index contributed by atoms with van der Waals surface area (Å²) in [6.45, 7) is 1.82. The molecule has 0 radical (unpaired) electrons. The van der Waals surface area contributed by atoms with E-state index in [0.29, 0.717) is 0 Å². The Bertz CT molecular complexity index is 693. The quantitative estimate of drug-likeness (QED) is 0.630. The van der Waals surface area contributed by atoms with Crippen LogP contribution in [0.15, 0.2) is 53.7 Å². The molecule has 0 spiro atoms. The van der Waals surface area contributed by atoms with Gasteiger partial charge in [-0.1, -0.05) is 29.3 Å². The van der Waals surface area contributed by atoms with Gasteiger partial charge in [0, 0.05) is 25.0 Å². The molecule has 1 heterocycles. The number of aryl methyl sites for hydroxylation is 1. The Morgan fingerprint density at radius 1 is 1.10 bits per heavy atom. The first kappa shape index (κ1) is 15.9. The third-order valence-corrected chi connectivity index (χ3v) is 4.19. The summed E-state index contributed by atoms with van der Waals surface area (Å²) in [5, 5.41) is 0.817. The van der Waals surface area contributed by atoms with Crippen molar-refractivity contribution >= 4 is 21.7 Å². The van der Waals surface area contributed by atoms with E-state index in [2.05, 4.69) is 4.57 Å². The molecule has 0 bridgehead atoms. The van der Waals surface area contributed by atoms with Crippen LogP contribution in [0.1, 0.15) is 24.4 Å². The van der Waals surface area contributed by atoms with Gasteiger partial charge in [-0.3, -0.25) is 0 Å². The van der Waals surface area contributed by atoms with Gasteiger partial charge in [0.1, 0.15) is 10.1 Å². The highest BCUT2D eigenvalue weighted by Crippen LogP contribution is 2.28. The number of rotatable bonds is 2. The lowest BCUT2D eigenvalue weighted by molar-refractivity contribution is -0.700. The molecule has 1 aliphatic rings. The minimum atomic E-state index is -4.27. The van der Waals surface area contributed by atoms with E-state index in [1.165, 1.54) is 25.0 Å². The fourth-order valence-corrected chi connectivity index (χ4v) is 2.32. The van der Waals surface area contributed by atoms with Gasteiger partial charge in [0.25, 0.3) is 0 Å². The third kappa shape index (κ3) is 5.12. The number of aromatic nitrogens is 1. The molecule has 0 unspecified atom stereocenters. The van der Waals surface area contributed by atoms with Crippen LogP contribution in [0.25, 0.3) is 0 Å². The molecule has 0 saturated heterocycles. The van der Waals surface area contributed by atoms with Crippen LogP contribution in [-0.2, 0) is 10.1 Å². The van der Waals surface area contributed by atoms with E-state index in [4.69, 9.17) is 11.6 Å². The molecule has 0 amide bonds. The van der Waals surface area contributed by atoms with Crippen LogP contribution in [0.2, 0.25) is 5.02 Å². The van der Waals surface area contributed by atoms with Gasteiger partial charge in [0.05, 0.1) is 9.92 Å². The first-order chi connectivity index (χ1) is 9.86. The SMILES string of the molecule is Cc1ccc(S(=O)(=O)[O-])cc1.Clc1cc[n+](C2CC2)cc1. The first-order valence-electron chi connectivity index (χ1n) is 6.55. The van der Waals surface area contributed by atoms with Crippen LogP contribution >= 0.6 is 11.6 Å². The van der Waals surface area contributed by atoms with Gasteiger partial charge in [-0.05, 0) is 19.1 Å². The lowest BCUT2D eigenvalue weighted by atomic mass is 10.2. The zero-order valence-electron chi connectivity index (χ0n) is 11.6. The molecule has 1 saturated carbocycles. The Labute approximate surface area is 129 Å². The van der Waals surface area contributed by atoms with Crippen molar-refractivity contribution < 1.29 is 17.5 Å². The van der Waals surface area contributed by atoms with E-state index in [9.17, 15) is 13.0 Å². The number of pyridine rings is 1. The van der Waals surface area contributed by atoms with Gasteiger partial charge < -0.3 is 4.55 Å². The highest BCUT2D eigenvalue weighted by molar-refractivity contribution is 7.85. The number of benzene rings is 1. The van der Waals surface area contributed by atoms with Crippen LogP contribution in [0.3, 0.4) is 0 Å².